The third-order valence-electron chi connectivity index (χ3n) is 3.49. The summed E-state index contributed by atoms with van der Waals surface area (Å²) in [7, 11) is 0. The second-order valence-electron chi connectivity index (χ2n) is 5.10. The zero-order valence-corrected chi connectivity index (χ0v) is 11.2. The van der Waals surface area contributed by atoms with Gasteiger partial charge in [-0.1, -0.05) is 0 Å². The summed E-state index contributed by atoms with van der Waals surface area (Å²) in [5.74, 6) is 0.0433. The Balaban J connectivity index is 1.83. The molecular weight excluding hydrogens is 271 g/mol. The maximum absolute atomic E-state index is 13.8. The Morgan fingerprint density at radius 1 is 1.43 bits per heavy atom. The molecule has 0 radical (unpaired) electrons. The fraction of sp³-hybridized carbons (Fsp3) is 0.286. The summed E-state index contributed by atoms with van der Waals surface area (Å²) in [6, 6.07) is 5.62. The van der Waals surface area contributed by atoms with Crippen LogP contribution in [0.5, 0.6) is 0 Å². The van der Waals surface area contributed by atoms with Crippen LogP contribution in [-0.2, 0) is 0 Å². The van der Waals surface area contributed by atoms with E-state index in [1.54, 1.807) is 18.3 Å². The van der Waals surface area contributed by atoms with Crippen molar-refractivity contribution < 1.29 is 4.39 Å². The molecule has 0 amide bonds. The van der Waals surface area contributed by atoms with Gasteiger partial charge in [0.1, 0.15) is 11.5 Å². The number of nitrogen functional groups attached to an aromatic ring is 1. The van der Waals surface area contributed by atoms with E-state index in [0.29, 0.717) is 17.9 Å². The molecule has 0 unspecified atom stereocenters. The van der Waals surface area contributed by atoms with Crippen LogP contribution >= 0.6 is 0 Å². The van der Waals surface area contributed by atoms with Crippen molar-refractivity contribution in [3.63, 3.8) is 0 Å². The number of halogens is 1. The molecule has 2 aromatic rings. The van der Waals surface area contributed by atoms with Gasteiger partial charge in [0.25, 0.3) is 0 Å². The SMILES string of the molecule is N#CC1(CNc2cc(-c3nc(N)ncc3F)ccn2)CC1. The molecule has 7 heteroatoms. The fourth-order valence-corrected chi connectivity index (χ4v) is 2.00. The fourth-order valence-electron chi connectivity index (χ4n) is 2.00. The number of aromatic nitrogens is 3. The largest absolute Gasteiger partial charge is 0.368 e. The van der Waals surface area contributed by atoms with E-state index in [1.165, 1.54) is 0 Å². The van der Waals surface area contributed by atoms with Gasteiger partial charge in [0.05, 0.1) is 17.7 Å². The van der Waals surface area contributed by atoms with Crippen molar-refractivity contribution in [1.82, 2.24) is 15.0 Å². The molecule has 0 spiro atoms. The number of hydrogen-bond acceptors (Lipinski definition) is 6. The van der Waals surface area contributed by atoms with Gasteiger partial charge in [0.15, 0.2) is 5.82 Å². The zero-order valence-electron chi connectivity index (χ0n) is 11.2. The monoisotopic (exact) mass is 284 g/mol. The van der Waals surface area contributed by atoms with Gasteiger partial charge in [-0.25, -0.2) is 19.3 Å². The van der Waals surface area contributed by atoms with Crippen molar-refractivity contribution in [2.24, 2.45) is 5.41 Å². The second-order valence-corrected chi connectivity index (χ2v) is 5.10. The van der Waals surface area contributed by atoms with Crippen LogP contribution in [-0.4, -0.2) is 21.5 Å². The highest BCUT2D eigenvalue weighted by molar-refractivity contribution is 5.63. The topological polar surface area (TPSA) is 101 Å². The number of nitriles is 1. The summed E-state index contributed by atoms with van der Waals surface area (Å²) in [6.45, 7) is 0.536. The van der Waals surface area contributed by atoms with Gasteiger partial charge in [-0.3, -0.25) is 0 Å². The first-order valence-corrected chi connectivity index (χ1v) is 6.51. The molecule has 3 rings (SSSR count). The van der Waals surface area contributed by atoms with Crippen LogP contribution in [0, 0.1) is 22.6 Å². The second kappa shape index (κ2) is 4.98. The lowest BCUT2D eigenvalue weighted by Gasteiger charge is -2.10. The summed E-state index contributed by atoms with van der Waals surface area (Å²) in [5.41, 5.74) is 5.90. The van der Waals surface area contributed by atoms with Crippen molar-refractivity contribution in [2.75, 3.05) is 17.6 Å². The lowest BCUT2D eigenvalue weighted by atomic mass is 10.1. The number of nitrogens with zero attached hydrogens (tertiary/aromatic N) is 4. The third-order valence-corrected chi connectivity index (χ3v) is 3.49. The van der Waals surface area contributed by atoms with Crippen LogP contribution < -0.4 is 11.1 Å². The molecule has 106 valence electrons. The minimum absolute atomic E-state index is 0.0131. The molecule has 0 atom stereocenters. The number of pyridine rings is 1. The van der Waals surface area contributed by atoms with E-state index in [-0.39, 0.29) is 17.1 Å². The highest BCUT2D eigenvalue weighted by atomic mass is 19.1. The van der Waals surface area contributed by atoms with E-state index in [4.69, 9.17) is 11.0 Å². The maximum Gasteiger partial charge on any atom is 0.220 e. The highest BCUT2D eigenvalue weighted by Crippen LogP contribution is 2.44. The predicted molar refractivity (Wildman–Crippen MR) is 75.4 cm³/mol. The molecule has 1 aliphatic rings. The van der Waals surface area contributed by atoms with E-state index in [9.17, 15) is 4.39 Å². The predicted octanol–water partition coefficient (Wildman–Crippen LogP) is 1.98. The number of nitrogens with one attached hydrogen (secondary N) is 1. The van der Waals surface area contributed by atoms with Crippen molar-refractivity contribution in [3.8, 4) is 17.3 Å². The van der Waals surface area contributed by atoms with Crippen molar-refractivity contribution in [2.45, 2.75) is 12.8 Å². The molecule has 0 aromatic carbocycles. The Labute approximate surface area is 120 Å². The van der Waals surface area contributed by atoms with Gasteiger partial charge < -0.3 is 11.1 Å². The van der Waals surface area contributed by atoms with Gasteiger partial charge >= 0.3 is 0 Å². The van der Waals surface area contributed by atoms with E-state index < -0.39 is 5.82 Å². The van der Waals surface area contributed by atoms with E-state index in [1.807, 2.05) is 0 Å². The third kappa shape index (κ3) is 2.74. The van der Waals surface area contributed by atoms with Gasteiger partial charge in [0.2, 0.25) is 5.95 Å². The molecule has 0 aliphatic heterocycles. The molecule has 2 aromatic heterocycles. The van der Waals surface area contributed by atoms with Crippen molar-refractivity contribution in [3.05, 3.63) is 30.3 Å². The molecule has 21 heavy (non-hydrogen) atoms. The van der Waals surface area contributed by atoms with Crippen LogP contribution in [0.3, 0.4) is 0 Å². The number of anilines is 2. The maximum atomic E-state index is 13.8. The van der Waals surface area contributed by atoms with Crippen molar-refractivity contribution in [1.29, 1.82) is 5.26 Å². The van der Waals surface area contributed by atoms with Crippen LogP contribution in [0.15, 0.2) is 24.5 Å². The molecule has 3 N–H and O–H groups in total. The number of nitrogens with two attached hydrogens (primary N) is 1. The Bertz CT molecular complexity index is 720. The highest BCUT2D eigenvalue weighted by Gasteiger charge is 2.42. The molecule has 0 saturated heterocycles. The Morgan fingerprint density at radius 3 is 2.95 bits per heavy atom. The smallest absolute Gasteiger partial charge is 0.220 e. The first-order chi connectivity index (χ1) is 10.1. The normalized spacial score (nSPS) is 15.2. The lowest BCUT2D eigenvalue weighted by Crippen LogP contribution is -2.14. The van der Waals surface area contributed by atoms with Crippen LogP contribution in [0.4, 0.5) is 16.2 Å². The summed E-state index contributed by atoms with van der Waals surface area (Å²) in [4.78, 5) is 11.7. The molecule has 1 fully saturated rings. The molecule has 6 nitrogen and oxygen atoms in total. The van der Waals surface area contributed by atoms with Crippen LogP contribution in [0.25, 0.3) is 11.3 Å². The minimum atomic E-state index is -0.544. The van der Waals surface area contributed by atoms with Gasteiger partial charge in [-0.05, 0) is 25.0 Å². The Morgan fingerprint density at radius 2 is 2.24 bits per heavy atom. The first kappa shape index (κ1) is 13.2. The summed E-state index contributed by atoms with van der Waals surface area (Å²) < 4.78 is 13.8. The molecule has 0 bridgehead atoms. The molecule has 2 heterocycles. The van der Waals surface area contributed by atoms with Gasteiger partial charge in [0, 0.05) is 18.3 Å². The van der Waals surface area contributed by atoms with E-state index >= 15 is 0 Å². The summed E-state index contributed by atoms with van der Waals surface area (Å²) in [5, 5.41) is 12.2. The average molecular weight is 284 g/mol. The zero-order chi connectivity index (χ0) is 14.9. The summed E-state index contributed by atoms with van der Waals surface area (Å²) in [6.07, 6.45) is 4.39. The molecular formula is C14H13FN6. The van der Waals surface area contributed by atoms with Crippen LogP contribution in [0.1, 0.15) is 12.8 Å². The number of rotatable bonds is 4. The van der Waals surface area contributed by atoms with Crippen LogP contribution in [0.2, 0.25) is 0 Å². The molecule has 1 aliphatic carbocycles. The quantitative estimate of drug-likeness (QED) is 0.890. The summed E-state index contributed by atoms with van der Waals surface area (Å²) >= 11 is 0. The average Bonchev–Trinajstić information content (AvgIpc) is 3.29. The van der Waals surface area contributed by atoms with E-state index in [2.05, 4.69) is 26.3 Å². The van der Waals surface area contributed by atoms with Crippen molar-refractivity contribution >= 4 is 11.8 Å². The van der Waals surface area contributed by atoms with Gasteiger partial charge in [-0.2, -0.15) is 5.26 Å². The first-order valence-electron chi connectivity index (χ1n) is 6.51. The number of hydrogen-bond donors (Lipinski definition) is 2. The van der Waals surface area contributed by atoms with Gasteiger partial charge in [-0.15, -0.1) is 0 Å². The Hall–Kier alpha value is -2.75. The Kier molecular flexibility index (Phi) is 3.14. The molecule has 1 saturated carbocycles. The van der Waals surface area contributed by atoms with E-state index in [0.717, 1.165) is 19.0 Å². The minimum Gasteiger partial charge on any atom is -0.368 e. The lowest BCUT2D eigenvalue weighted by molar-refractivity contribution is 0.619. The standard InChI is InChI=1S/C14H13FN6/c15-10-6-19-13(17)21-12(10)9-1-4-18-11(5-9)20-8-14(7-16)2-3-14/h1,4-6H,2-3,8H2,(H,18,20)(H2,17,19,21).